The minimum absolute atomic E-state index is 0.0275. The number of nitrogens with one attached hydrogen (secondary N) is 1. The van der Waals surface area contributed by atoms with E-state index in [1.54, 1.807) is 28.9 Å². The monoisotopic (exact) mass is 368 g/mol. The van der Waals surface area contributed by atoms with Crippen molar-refractivity contribution in [3.63, 3.8) is 0 Å². The quantitative estimate of drug-likeness (QED) is 0.880. The normalized spacial score (nSPS) is 22.8. The van der Waals surface area contributed by atoms with Crippen LogP contribution in [0, 0.1) is 0 Å². The van der Waals surface area contributed by atoms with Crippen LogP contribution in [-0.4, -0.2) is 49.6 Å². The first kappa shape index (κ1) is 17.8. The van der Waals surface area contributed by atoms with Gasteiger partial charge in [-0.1, -0.05) is 6.07 Å². The third-order valence-electron chi connectivity index (χ3n) is 5.26. The molecule has 0 saturated carbocycles. The first-order chi connectivity index (χ1) is 13.0. The predicted octanol–water partition coefficient (Wildman–Crippen LogP) is 2.21. The average molecular weight is 368 g/mol. The van der Waals surface area contributed by atoms with Crippen molar-refractivity contribution in [1.29, 1.82) is 0 Å². The van der Waals surface area contributed by atoms with Gasteiger partial charge in [0.05, 0.1) is 23.7 Å². The maximum Gasteiger partial charge on any atom is 0.294 e. The van der Waals surface area contributed by atoms with Gasteiger partial charge < -0.3 is 14.2 Å². The smallest absolute Gasteiger partial charge is 0.294 e. The number of carbonyl (C=O) groups excluding carboxylic acids is 2. The fourth-order valence-electron chi connectivity index (χ4n) is 3.99. The molecular weight excluding hydrogens is 344 g/mol. The zero-order valence-corrected chi connectivity index (χ0v) is 15.8. The van der Waals surface area contributed by atoms with E-state index in [0.717, 1.165) is 30.2 Å². The molecule has 4 rings (SSSR count). The predicted molar refractivity (Wildman–Crippen MR) is 103 cm³/mol. The van der Waals surface area contributed by atoms with Gasteiger partial charge in [0.25, 0.3) is 5.91 Å². The summed E-state index contributed by atoms with van der Waals surface area (Å²) in [5, 5.41) is 3.47. The summed E-state index contributed by atoms with van der Waals surface area (Å²) in [4.78, 5) is 31.0. The Bertz CT molecular complexity index is 864. The highest BCUT2D eigenvalue weighted by Crippen LogP contribution is 2.38. The van der Waals surface area contributed by atoms with E-state index in [2.05, 4.69) is 17.3 Å². The minimum atomic E-state index is -0.190. The van der Waals surface area contributed by atoms with Crippen LogP contribution >= 0.6 is 0 Å². The lowest BCUT2D eigenvalue weighted by atomic mass is 10.0. The third-order valence-corrected chi connectivity index (χ3v) is 5.26. The molecule has 0 spiro atoms. The van der Waals surface area contributed by atoms with Crippen LogP contribution < -0.4 is 15.1 Å². The topological polar surface area (TPSA) is 69.0 Å². The minimum Gasteiger partial charge on any atom is -0.459 e. The zero-order valence-electron chi connectivity index (χ0n) is 15.8. The number of carbonyl (C=O) groups is 2. The number of hydrogen-bond donors (Lipinski definition) is 1. The number of hydrogen-bond acceptors (Lipinski definition) is 5. The standard InChI is InChI=1S/C20H24N4O3/c1-13-10-23(20(26)19-5-4-8-27-19)18-9-15(16-11-22(3)12-21-16)6-7-17(18)24(13)14(2)25/h4-9,13,16,21H,10-12H2,1-3H3/t13-,16?/m0/s1. The SMILES string of the molecule is CC(=O)N1c2ccc(C3CN(C)CN3)cc2N(C(=O)c2ccco2)C[C@@H]1C. The lowest BCUT2D eigenvalue weighted by molar-refractivity contribution is -0.117. The van der Waals surface area contributed by atoms with Crippen LogP contribution in [0.1, 0.15) is 36.0 Å². The molecule has 0 aliphatic carbocycles. The summed E-state index contributed by atoms with van der Waals surface area (Å²) >= 11 is 0. The molecule has 1 aromatic heterocycles. The molecule has 1 N–H and O–H groups in total. The molecular formula is C20H24N4O3. The molecule has 1 saturated heterocycles. The van der Waals surface area contributed by atoms with Gasteiger partial charge in [0.1, 0.15) is 0 Å². The van der Waals surface area contributed by atoms with Crippen LogP contribution in [0.5, 0.6) is 0 Å². The summed E-state index contributed by atoms with van der Waals surface area (Å²) in [6, 6.07) is 9.47. The Labute approximate surface area is 158 Å². The summed E-state index contributed by atoms with van der Waals surface area (Å²) in [7, 11) is 2.07. The Morgan fingerprint density at radius 3 is 2.63 bits per heavy atom. The molecule has 27 heavy (non-hydrogen) atoms. The summed E-state index contributed by atoms with van der Waals surface area (Å²) in [5.41, 5.74) is 2.61. The van der Waals surface area contributed by atoms with Crippen LogP contribution in [-0.2, 0) is 4.79 Å². The molecule has 2 amide bonds. The summed E-state index contributed by atoms with van der Waals surface area (Å²) < 4.78 is 5.33. The highest BCUT2D eigenvalue weighted by molar-refractivity contribution is 6.09. The summed E-state index contributed by atoms with van der Waals surface area (Å²) in [6.07, 6.45) is 1.50. The van der Waals surface area contributed by atoms with E-state index in [1.165, 1.54) is 6.26 Å². The molecule has 1 unspecified atom stereocenters. The van der Waals surface area contributed by atoms with Crippen LogP contribution in [0.2, 0.25) is 0 Å². The highest BCUT2D eigenvalue weighted by atomic mass is 16.3. The lowest BCUT2D eigenvalue weighted by Crippen LogP contribution is -2.51. The van der Waals surface area contributed by atoms with Gasteiger partial charge in [-0.15, -0.1) is 0 Å². The van der Waals surface area contributed by atoms with Crippen LogP contribution in [0.4, 0.5) is 11.4 Å². The second kappa shape index (κ2) is 6.83. The number of benzene rings is 1. The van der Waals surface area contributed by atoms with Gasteiger partial charge in [0.15, 0.2) is 5.76 Å². The largest absolute Gasteiger partial charge is 0.459 e. The van der Waals surface area contributed by atoms with Crippen molar-refractivity contribution in [2.45, 2.75) is 25.9 Å². The molecule has 7 heteroatoms. The van der Waals surface area contributed by atoms with Crippen LogP contribution in [0.15, 0.2) is 41.0 Å². The molecule has 2 aliphatic rings. The van der Waals surface area contributed by atoms with Gasteiger partial charge in [-0.2, -0.15) is 0 Å². The van der Waals surface area contributed by atoms with Gasteiger partial charge in [-0.05, 0) is 43.8 Å². The van der Waals surface area contributed by atoms with Gasteiger partial charge in [0, 0.05) is 32.7 Å². The van der Waals surface area contributed by atoms with Gasteiger partial charge in [-0.25, -0.2) is 0 Å². The number of likely N-dealkylation sites (N-methyl/N-ethyl adjacent to an activating group) is 1. The maximum atomic E-state index is 13.0. The van der Waals surface area contributed by atoms with Crippen molar-refractivity contribution in [3.8, 4) is 0 Å². The molecule has 0 bridgehead atoms. The van der Waals surface area contributed by atoms with E-state index in [9.17, 15) is 9.59 Å². The third kappa shape index (κ3) is 3.13. The molecule has 2 aliphatic heterocycles. The van der Waals surface area contributed by atoms with Crippen LogP contribution in [0.3, 0.4) is 0 Å². The number of rotatable bonds is 2. The zero-order chi connectivity index (χ0) is 19.1. The molecule has 2 atom stereocenters. The van der Waals surface area contributed by atoms with Crippen molar-refractivity contribution in [3.05, 3.63) is 47.9 Å². The number of amides is 2. The molecule has 142 valence electrons. The van der Waals surface area contributed by atoms with E-state index >= 15 is 0 Å². The highest BCUT2D eigenvalue weighted by Gasteiger charge is 2.35. The van der Waals surface area contributed by atoms with E-state index in [0.29, 0.717) is 12.3 Å². The lowest BCUT2D eigenvalue weighted by Gasteiger charge is -2.40. The van der Waals surface area contributed by atoms with Gasteiger partial charge in [-0.3, -0.25) is 19.8 Å². The average Bonchev–Trinajstić information content (AvgIpc) is 3.31. The Morgan fingerprint density at radius 2 is 2.00 bits per heavy atom. The molecule has 3 heterocycles. The fourth-order valence-corrected chi connectivity index (χ4v) is 3.99. The Kier molecular flexibility index (Phi) is 4.49. The molecule has 1 aromatic carbocycles. The fraction of sp³-hybridized carbons (Fsp3) is 0.400. The van der Waals surface area contributed by atoms with E-state index in [1.807, 2.05) is 25.1 Å². The van der Waals surface area contributed by atoms with E-state index in [4.69, 9.17) is 4.42 Å². The molecule has 1 fully saturated rings. The van der Waals surface area contributed by atoms with E-state index < -0.39 is 0 Å². The van der Waals surface area contributed by atoms with Gasteiger partial charge in [0.2, 0.25) is 5.91 Å². The van der Waals surface area contributed by atoms with Crippen molar-refractivity contribution < 1.29 is 14.0 Å². The number of nitrogens with zero attached hydrogens (tertiary/aromatic N) is 3. The van der Waals surface area contributed by atoms with E-state index in [-0.39, 0.29) is 23.9 Å². The van der Waals surface area contributed by atoms with Crippen LogP contribution in [0.25, 0.3) is 0 Å². The maximum absolute atomic E-state index is 13.0. The van der Waals surface area contributed by atoms with Gasteiger partial charge >= 0.3 is 0 Å². The van der Waals surface area contributed by atoms with Crippen molar-refractivity contribution in [1.82, 2.24) is 10.2 Å². The molecule has 2 aromatic rings. The number of fused-ring (bicyclic) bond motifs is 1. The van der Waals surface area contributed by atoms with Crippen molar-refractivity contribution >= 4 is 23.2 Å². The number of furan rings is 1. The second-order valence-electron chi connectivity index (χ2n) is 7.33. The first-order valence-corrected chi connectivity index (χ1v) is 9.16. The Morgan fingerprint density at radius 1 is 1.19 bits per heavy atom. The Hall–Kier alpha value is -2.64. The summed E-state index contributed by atoms with van der Waals surface area (Å²) in [6.45, 7) is 5.67. The molecule has 0 radical (unpaired) electrons. The van der Waals surface area contributed by atoms with Crippen molar-refractivity contribution in [2.75, 3.05) is 36.6 Å². The Balaban J connectivity index is 1.78. The van der Waals surface area contributed by atoms with Crippen molar-refractivity contribution in [2.24, 2.45) is 0 Å². The first-order valence-electron chi connectivity index (χ1n) is 9.16. The summed E-state index contributed by atoms with van der Waals surface area (Å²) in [5.74, 6) is 0.0822. The number of anilines is 2. The second-order valence-corrected chi connectivity index (χ2v) is 7.33. The molecule has 7 nitrogen and oxygen atoms in total.